The molecule has 1 heterocycles. The molecular weight excluding hydrogens is 230 g/mol. The van der Waals surface area contributed by atoms with Crippen LogP contribution in [0.15, 0.2) is 4.47 Å². The minimum absolute atomic E-state index is 0.467. The first-order valence-corrected chi connectivity index (χ1v) is 5.33. The fraction of sp³-hybridized carbons (Fsp3) is 0.667. The molecule has 0 aliphatic carbocycles. The topological polar surface area (TPSA) is 40.7 Å². The standard InChI is InChI=1S/C9H16BrN3/c1-6(2)9-8(10)7(12-13-9)4-5-11-3/h6,11H,4-5H2,1-3H3,(H,12,13). The van der Waals surface area contributed by atoms with Gasteiger partial charge < -0.3 is 5.32 Å². The predicted molar refractivity (Wildman–Crippen MR) is 58.0 cm³/mol. The molecule has 0 amide bonds. The molecule has 1 aromatic heterocycles. The van der Waals surface area contributed by atoms with E-state index in [-0.39, 0.29) is 0 Å². The van der Waals surface area contributed by atoms with Crippen molar-refractivity contribution >= 4 is 15.9 Å². The van der Waals surface area contributed by atoms with E-state index in [0.29, 0.717) is 5.92 Å². The fourth-order valence-electron chi connectivity index (χ4n) is 1.18. The SMILES string of the molecule is CNCCc1[nH]nc(C(C)C)c1Br. The monoisotopic (exact) mass is 245 g/mol. The van der Waals surface area contributed by atoms with Crippen molar-refractivity contribution in [2.75, 3.05) is 13.6 Å². The van der Waals surface area contributed by atoms with E-state index in [1.54, 1.807) is 0 Å². The van der Waals surface area contributed by atoms with Gasteiger partial charge in [-0.25, -0.2) is 0 Å². The van der Waals surface area contributed by atoms with Gasteiger partial charge in [0.25, 0.3) is 0 Å². The molecule has 0 fully saturated rings. The number of hydrogen-bond donors (Lipinski definition) is 2. The van der Waals surface area contributed by atoms with E-state index in [1.807, 2.05) is 7.05 Å². The van der Waals surface area contributed by atoms with Crippen molar-refractivity contribution in [3.63, 3.8) is 0 Å². The quantitative estimate of drug-likeness (QED) is 0.853. The van der Waals surface area contributed by atoms with Crippen LogP contribution in [0.25, 0.3) is 0 Å². The lowest BCUT2D eigenvalue weighted by molar-refractivity contribution is 0.768. The molecule has 0 bridgehead atoms. The Bertz CT molecular complexity index is 268. The minimum atomic E-state index is 0.467. The molecule has 0 radical (unpaired) electrons. The zero-order chi connectivity index (χ0) is 9.84. The van der Waals surface area contributed by atoms with E-state index in [1.165, 1.54) is 5.69 Å². The molecule has 0 spiro atoms. The number of nitrogens with zero attached hydrogens (tertiary/aromatic N) is 1. The van der Waals surface area contributed by atoms with Crippen LogP contribution < -0.4 is 5.32 Å². The average Bonchev–Trinajstić information content (AvgIpc) is 2.43. The lowest BCUT2D eigenvalue weighted by Crippen LogP contribution is -2.10. The number of likely N-dealkylation sites (N-methyl/N-ethyl adjacent to an activating group) is 1. The van der Waals surface area contributed by atoms with Crippen molar-refractivity contribution in [1.29, 1.82) is 0 Å². The molecule has 0 unspecified atom stereocenters. The van der Waals surface area contributed by atoms with Crippen molar-refractivity contribution in [2.24, 2.45) is 0 Å². The third-order valence-electron chi connectivity index (χ3n) is 1.97. The van der Waals surface area contributed by atoms with Gasteiger partial charge in [-0.15, -0.1) is 0 Å². The number of H-pyrrole nitrogens is 1. The van der Waals surface area contributed by atoms with Crippen molar-refractivity contribution in [3.8, 4) is 0 Å². The second-order valence-corrected chi connectivity index (χ2v) is 4.20. The molecule has 0 saturated carbocycles. The first kappa shape index (κ1) is 10.7. The van der Waals surface area contributed by atoms with Gasteiger partial charge in [-0.1, -0.05) is 13.8 Å². The molecule has 0 saturated heterocycles. The number of aromatic nitrogens is 2. The zero-order valence-corrected chi connectivity index (χ0v) is 9.90. The van der Waals surface area contributed by atoms with Gasteiger partial charge in [-0.3, -0.25) is 5.10 Å². The summed E-state index contributed by atoms with van der Waals surface area (Å²) in [6.45, 7) is 5.25. The summed E-state index contributed by atoms with van der Waals surface area (Å²) in [4.78, 5) is 0. The van der Waals surface area contributed by atoms with Crippen LogP contribution in [0, 0.1) is 0 Å². The third kappa shape index (κ3) is 2.54. The van der Waals surface area contributed by atoms with Gasteiger partial charge in [0.2, 0.25) is 0 Å². The van der Waals surface area contributed by atoms with E-state index in [0.717, 1.165) is 23.1 Å². The van der Waals surface area contributed by atoms with E-state index in [2.05, 4.69) is 45.3 Å². The van der Waals surface area contributed by atoms with Crippen LogP contribution in [0.3, 0.4) is 0 Å². The van der Waals surface area contributed by atoms with Crippen LogP contribution in [-0.2, 0) is 6.42 Å². The molecule has 0 atom stereocenters. The second-order valence-electron chi connectivity index (χ2n) is 3.41. The van der Waals surface area contributed by atoms with Gasteiger partial charge in [0, 0.05) is 13.0 Å². The Morgan fingerprint density at radius 2 is 2.23 bits per heavy atom. The first-order valence-electron chi connectivity index (χ1n) is 4.54. The summed E-state index contributed by atoms with van der Waals surface area (Å²) in [7, 11) is 1.95. The molecule has 0 aromatic carbocycles. The molecule has 1 rings (SSSR count). The highest BCUT2D eigenvalue weighted by Crippen LogP contribution is 2.25. The Balaban J connectivity index is 2.74. The van der Waals surface area contributed by atoms with Crippen LogP contribution in [0.5, 0.6) is 0 Å². The molecule has 2 N–H and O–H groups in total. The molecule has 0 aliphatic rings. The van der Waals surface area contributed by atoms with Gasteiger partial charge in [0.1, 0.15) is 0 Å². The number of nitrogens with one attached hydrogen (secondary N) is 2. The zero-order valence-electron chi connectivity index (χ0n) is 8.32. The lowest BCUT2D eigenvalue weighted by Gasteiger charge is -2.00. The Hall–Kier alpha value is -0.350. The molecule has 3 nitrogen and oxygen atoms in total. The molecule has 0 aliphatic heterocycles. The molecule has 13 heavy (non-hydrogen) atoms. The summed E-state index contributed by atoms with van der Waals surface area (Å²) in [6, 6.07) is 0. The maximum atomic E-state index is 4.27. The van der Waals surface area contributed by atoms with Gasteiger partial charge in [-0.05, 0) is 28.9 Å². The lowest BCUT2D eigenvalue weighted by atomic mass is 10.1. The number of rotatable bonds is 4. The van der Waals surface area contributed by atoms with Crippen molar-refractivity contribution in [3.05, 3.63) is 15.9 Å². The number of aromatic amines is 1. The summed E-state index contributed by atoms with van der Waals surface area (Å²) in [5.41, 5.74) is 2.30. The van der Waals surface area contributed by atoms with Crippen LogP contribution in [0.4, 0.5) is 0 Å². The summed E-state index contributed by atoms with van der Waals surface area (Å²) >= 11 is 3.56. The maximum Gasteiger partial charge on any atom is 0.0792 e. The van der Waals surface area contributed by atoms with Crippen LogP contribution in [0.1, 0.15) is 31.2 Å². The van der Waals surface area contributed by atoms with E-state index in [9.17, 15) is 0 Å². The van der Waals surface area contributed by atoms with Crippen molar-refractivity contribution < 1.29 is 0 Å². The average molecular weight is 246 g/mol. The highest BCUT2D eigenvalue weighted by Gasteiger charge is 2.12. The van der Waals surface area contributed by atoms with Gasteiger partial charge in [0.05, 0.1) is 15.9 Å². The Kier molecular flexibility index (Phi) is 3.93. The largest absolute Gasteiger partial charge is 0.319 e. The Morgan fingerprint density at radius 1 is 1.54 bits per heavy atom. The van der Waals surface area contributed by atoms with Crippen molar-refractivity contribution in [1.82, 2.24) is 15.5 Å². The molecule has 1 aromatic rings. The Morgan fingerprint density at radius 3 is 2.69 bits per heavy atom. The highest BCUT2D eigenvalue weighted by molar-refractivity contribution is 9.10. The molecule has 74 valence electrons. The summed E-state index contributed by atoms with van der Waals surface area (Å²) in [5.74, 6) is 0.467. The van der Waals surface area contributed by atoms with Gasteiger partial charge in [0.15, 0.2) is 0 Å². The van der Waals surface area contributed by atoms with Crippen LogP contribution >= 0.6 is 15.9 Å². The predicted octanol–water partition coefficient (Wildman–Crippen LogP) is 2.06. The maximum absolute atomic E-state index is 4.27. The normalized spacial score (nSPS) is 11.2. The first-order chi connectivity index (χ1) is 6.16. The van der Waals surface area contributed by atoms with Crippen LogP contribution in [-0.4, -0.2) is 23.8 Å². The van der Waals surface area contributed by atoms with Crippen molar-refractivity contribution in [2.45, 2.75) is 26.2 Å². The van der Waals surface area contributed by atoms with Crippen LogP contribution in [0.2, 0.25) is 0 Å². The Labute approximate surface area is 87.4 Å². The number of hydrogen-bond acceptors (Lipinski definition) is 2. The smallest absolute Gasteiger partial charge is 0.0792 e. The van der Waals surface area contributed by atoms with Gasteiger partial charge in [-0.2, -0.15) is 5.10 Å². The molecular formula is C9H16BrN3. The van der Waals surface area contributed by atoms with E-state index < -0.39 is 0 Å². The minimum Gasteiger partial charge on any atom is -0.319 e. The summed E-state index contributed by atoms with van der Waals surface area (Å²) in [5, 5.41) is 10.4. The van der Waals surface area contributed by atoms with E-state index in [4.69, 9.17) is 0 Å². The summed E-state index contributed by atoms with van der Waals surface area (Å²) in [6.07, 6.45) is 0.983. The fourth-order valence-corrected chi connectivity index (χ4v) is 2.01. The second kappa shape index (κ2) is 4.77. The number of halogens is 1. The highest BCUT2D eigenvalue weighted by atomic mass is 79.9. The third-order valence-corrected chi connectivity index (χ3v) is 2.86. The van der Waals surface area contributed by atoms with E-state index >= 15 is 0 Å². The molecule has 4 heteroatoms. The summed E-state index contributed by atoms with van der Waals surface area (Å²) < 4.78 is 1.14. The van der Waals surface area contributed by atoms with Gasteiger partial charge >= 0.3 is 0 Å².